The van der Waals surface area contributed by atoms with Gasteiger partial charge in [0.15, 0.2) is 0 Å². The van der Waals surface area contributed by atoms with Gasteiger partial charge in [-0.1, -0.05) is 41.5 Å². The molecule has 22 heavy (non-hydrogen) atoms. The standard InChI is InChI=1S/C17H37N4P/c1-15(2)11-19-9-7-18-8-10-20(12-16(3)4)22(19)21(14-18)13-17(5)6/h15-17H,7-14H2,1-6H3. The minimum absolute atomic E-state index is 0.286. The molecular formula is C17H37N4P. The summed E-state index contributed by atoms with van der Waals surface area (Å²) in [6.07, 6.45) is 0. The fourth-order valence-electron chi connectivity index (χ4n) is 3.49. The molecule has 130 valence electrons. The Labute approximate surface area is 139 Å². The van der Waals surface area contributed by atoms with E-state index < -0.39 is 0 Å². The van der Waals surface area contributed by atoms with Crippen molar-refractivity contribution in [2.24, 2.45) is 17.8 Å². The van der Waals surface area contributed by atoms with Gasteiger partial charge < -0.3 is 0 Å². The van der Waals surface area contributed by atoms with E-state index in [2.05, 4.69) is 60.5 Å². The molecule has 4 nitrogen and oxygen atoms in total. The monoisotopic (exact) mass is 328 g/mol. The molecule has 0 saturated carbocycles. The Bertz CT molecular complexity index is 313. The van der Waals surface area contributed by atoms with Gasteiger partial charge in [0.1, 0.15) is 8.37 Å². The number of hydrogen-bond acceptors (Lipinski definition) is 4. The Morgan fingerprint density at radius 3 is 1.45 bits per heavy atom. The van der Waals surface area contributed by atoms with Crippen LogP contribution in [0.2, 0.25) is 0 Å². The molecule has 0 amide bonds. The van der Waals surface area contributed by atoms with Crippen molar-refractivity contribution in [2.75, 3.05) is 52.5 Å². The lowest BCUT2D eigenvalue weighted by Gasteiger charge is -2.44. The van der Waals surface area contributed by atoms with Crippen LogP contribution in [0.4, 0.5) is 0 Å². The minimum Gasteiger partial charge on any atom is -0.288 e. The van der Waals surface area contributed by atoms with E-state index in [0.29, 0.717) is 0 Å². The molecule has 0 aromatic carbocycles. The lowest BCUT2D eigenvalue weighted by molar-refractivity contribution is 0.200. The average molecular weight is 328 g/mol. The van der Waals surface area contributed by atoms with E-state index in [1.54, 1.807) is 0 Å². The topological polar surface area (TPSA) is 13.0 Å². The van der Waals surface area contributed by atoms with Crippen molar-refractivity contribution in [2.45, 2.75) is 41.5 Å². The molecule has 2 fully saturated rings. The summed E-state index contributed by atoms with van der Waals surface area (Å²) >= 11 is 0. The van der Waals surface area contributed by atoms with Gasteiger partial charge in [-0.05, 0) is 17.8 Å². The van der Waals surface area contributed by atoms with Crippen LogP contribution in [0.5, 0.6) is 0 Å². The molecule has 0 radical (unpaired) electrons. The van der Waals surface area contributed by atoms with Gasteiger partial charge >= 0.3 is 0 Å². The van der Waals surface area contributed by atoms with Gasteiger partial charge in [0.2, 0.25) is 0 Å². The lowest BCUT2D eigenvalue weighted by atomic mass is 10.2. The van der Waals surface area contributed by atoms with Crippen LogP contribution in [0.15, 0.2) is 0 Å². The molecule has 0 aromatic rings. The van der Waals surface area contributed by atoms with Gasteiger partial charge in [-0.3, -0.25) is 14.2 Å². The van der Waals surface area contributed by atoms with Crippen molar-refractivity contribution < 1.29 is 0 Å². The van der Waals surface area contributed by atoms with E-state index in [1.165, 1.54) is 52.5 Å². The Morgan fingerprint density at radius 1 is 0.636 bits per heavy atom. The van der Waals surface area contributed by atoms with E-state index in [-0.39, 0.29) is 8.37 Å². The maximum atomic E-state index is 2.81. The van der Waals surface area contributed by atoms with Crippen LogP contribution < -0.4 is 0 Å². The smallest absolute Gasteiger partial charge is 0.121 e. The fourth-order valence-corrected chi connectivity index (χ4v) is 6.81. The zero-order valence-corrected chi connectivity index (χ0v) is 16.5. The first kappa shape index (κ1) is 18.6. The van der Waals surface area contributed by atoms with Gasteiger partial charge in [-0.2, -0.15) is 0 Å². The number of hydrogen-bond donors (Lipinski definition) is 0. The van der Waals surface area contributed by atoms with Crippen LogP contribution in [0.25, 0.3) is 0 Å². The van der Waals surface area contributed by atoms with E-state index in [0.717, 1.165) is 17.8 Å². The van der Waals surface area contributed by atoms with E-state index in [4.69, 9.17) is 0 Å². The number of fused-ring (bicyclic) bond motifs is 3. The summed E-state index contributed by atoms with van der Waals surface area (Å²) < 4.78 is 8.42. The first-order valence-electron chi connectivity index (χ1n) is 9.13. The van der Waals surface area contributed by atoms with E-state index in [9.17, 15) is 0 Å². The molecule has 2 aliphatic heterocycles. The fraction of sp³-hybridized carbons (Fsp3) is 1.00. The largest absolute Gasteiger partial charge is 0.288 e. The predicted octanol–water partition coefficient (Wildman–Crippen LogP) is 3.37. The summed E-state index contributed by atoms with van der Waals surface area (Å²) in [7, 11) is -0.286. The number of rotatable bonds is 6. The summed E-state index contributed by atoms with van der Waals surface area (Å²) in [5.74, 6) is 2.24. The Kier molecular flexibility index (Phi) is 7.10. The lowest BCUT2D eigenvalue weighted by Crippen LogP contribution is -2.42. The van der Waals surface area contributed by atoms with Gasteiger partial charge in [0.05, 0.1) is 6.67 Å². The summed E-state index contributed by atoms with van der Waals surface area (Å²) in [4.78, 5) is 2.68. The second-order valence-electron chi connectivity index (χ2n) is 8.22. The molecule has 0 aromatic heterocycles. The SMILES string of the molecule is CC(C)CN1CCN2CCN(CC(C)C)P1N(CC(C)C)C2. The zero-order valence-electron chi connectivity index (χ0n) is 15.6. The summed E-state index contributed by atoms with van der Waals surface area (Å²) in [6.45, 7) is 24.0. The first-order valence-corrected chi connectivity index (χ1v) is 10.3. The number of nitrogens with zero attached hydrogens (tertiary/aromatic N) is 4. The van der Waals surface area contributed by atoms with Crippen molar-refractivity contribution in [3.05, 3.63) is 0 Å². The summed E-state index contributed by atoms with van der Waals surface area (Å²) in [5.41, 5.74) is 0. The Balaban J connectivity index is 2.24. The summed E-state index contributed by atoms with van der Waals surface area (Å²) in [5, 5.41) is 0. The van der Waals surface area contributed by atoms with Crippen LogP contribution in [-0.2, 0) is 0 Å². The van der Waals surface area contributed by atoms with Crippen molar-refractivity contribution in [3.63, 3.8) is 0 Å². The molecule has 5 heteroatoms. The van der Waals surface area contributed by atoms with Gasteiger partial charge in [-0.15, -0.1) is 0 Å². The third kappa shape index (κ3) is 5.14. The van der Waals surface area contributed by atoms with Gasteiger partial charge in [-0.25, -0.2) is 4.67 Å². The second kappa shape index (κ2) is 8.39. The highest BCUT2D eigenvalue weighted by Crippen LogP contribution is 2.51. The van der Waals surface area contributed by atoms with Gasteiger partial charge in [0.25, 0.3) is 0 Å². The van der Waals surface area contributed by atoms with Crippen LogP contribution in [0.1, 0.15) is 41.5 Å². The van der Waals surface area contributed by atoms with Crippen molar-refractivity contribution in [3.8, 4) is 0 Å². The quantitative estimate of drug-likeness (QED) is 0.693. The predicted molar refractivity (Wildman–Crippen MR) is 97.7 cm³/mol. The van der Waals surface area contributed by atoms with Gasteiger partial charge in [0, 0.05) is 45.8 Å². The molecule has 0 aliphatic carbocycles. The molecule has 0 unspecified atom stereocenters. The van der Waals surface area contributed by atoms with E-state index in [1.807, 2.05) is 0 Å². The maximum absolute atomic E-state index is 2.81. The highest BCUT2D eigenvalue weighted by atomic mass is 31.2. The van der Waals surface area contributed by atoms with Crippen molar-refractivity contribution >= 4 is 8.37 Å². The molecule has 2 aliphatic rings. The molecule has 2 bridgehead atoms. The van der Waals surface area contributed by atoms with E-state index >= 15 is 0 Å². The second-order valence-corrected chi connectivity index (χ2v) is 10.5. The molecule has 0 N–H and O–H groups in total. The summed E-state index contributed by atoms with van der Waals surface area (Å²) in [6, 6.07) is 0. The molecular weight excluding hydrogens is 291 g/mol. The van der Waals surface area contributed by atoms with Crippen LogP contribution >= 0.6 is 8.37 Å². The highest BCUT2D eigenvalue weighted by Gasteiger charge is 2.38. The molecule has 2 heterocycles. The third-order valence-electron chi connectivity index (χ3n) is 4.20. The Hall–Kier alpha value is 0.270. The molecule has 2 rings (SSSR count). The molecule has 0 atom stereocenters. The average Bonchev–Trinajstić information content (AvgIpc) is 2.62. The van der Waals surface area contributed by atoms with Crippen LogP contribution in [0.3, 0.4) is 0 Å². The third-order valence-corrected chi connectivity index (χ3v) is 6.73. The first-order chi connectivity index (χ1) is 10.4. The normalized spacial score (nSPS) is 28.8. The van der Waals surface area contributed by atoms with Crippen molar-refractivity contribution in [1.29, 1.82) is 0 Å². The zero-order chi connectivity index (χ0) is 16.3. The van der Waals surface area contributed by atoms with Crippen LogP contribution in [-0.4, -0.2) is 71.4 Å². The molecule has 2 saturated heterocycles. The highest BCUT2D eigenvalue weighted by molar-refractivity contribution is 7.50. The van der Waals surface area contributed by atoms with Crippen molar-refractivity contribution in [1.82, 2.24) is 18.9 Å². The maximum Gasteiger partial charge on any atom is 0.121 e. The van der Waals surface area contributed by atoms with Crippen LogP contribution in [0, 0.1) is 17.8 Å². The minimum atomic E-state index is -0.286. The molecule has 0 spiro atoms. The Morgan fingerprint density at radius 2 is 1.05 bits per heavy atom.